The van der Waals surface area contributed by atoms with E-state index in [9.17, 15) is 9.50 Å². The molecule has 2 aromatic rings. The molecule has 1 aliphatic heterocycles. The number of hydrogen-bond donors (Lipinski definition) is 3. The Labute approximate surface area is 189 Å². The molecule has 3 N–H and O–H groups in total. The lowest BCUT2D eigenvalue weighted by molar-refractivity contribution is 0.111. The lowest BCUT2D eigenvalue weighted by Crippen LogP contribution is -2.29. The van der Waals surface area contributed by atoms with E-state index in [2.05, 4.69) is 31.7 Å². The second-order valence-corrected chi connectivity index (χ2v) is 8.88. The molecule has 1 unspecified atom stereocenters. The quantitative estimate of drug-likeness (QED) is 0.536. The summed E-state index contributed by atoms with van der Waals surface area (Å²) in [6, 6.07) is 4.31. The molecule has 1 saturated heterocycles. The first-order valence-corrected chi connectivity index (χ1v) is 11.9. The lowest BCUT2D eigenvalue weighted by Gasteiger charge is -2.27. The van der Waals surface area contributed by atoms with Crippen LogP contribution in [0.15, 0.2) is 24.5 Å². The number of nitrogens with zero attached hydrogens (tertiary/aromatic N) is 3. The third kappa shape index (κ3) is 6.13. The fourth-order valence-corrected chi connectivity index (χ4v) is 4.30. The number of anilines is 2. The molecular formula is C24H34FN5O2. The first-order chi connectivity index (χ1) is 15.6. The van der Waals surface area contributed by atoms with Crippen molar-refractivity contribution in [1.82, 2.24) is 15.0 Å². The van der Waals surface area contributed by atoms with Gasteiger partial charge in [-0.3, -0.25) is 4.98 Å². The van der Waals surface area contributed by atoms with Gasteiger partial charge in [-0.05, 0) is 56.6 Å². The fraction of sp³-hybridized carbons (Fsp3) is 0.625. The minimum absolute atomic E-state index is 0.182. The average Bonchev–Trinajstić information content (AvgIpc) is 3.33. The number of ether oxygens (including phenoxy) is 1. The van der Waals surface area contributed by atoms with Gasteiger partial charge in [-0.1, -0.05) is 13.0 Å². The van der Waals surface area contributed by atoms with Crippen LogP contribution in [0.4, 0.5) is 16.2 Å². The Hall–Kier alpha value is -2.32. The van der Waals surface area contributed by atoms with Crippen LogP contribution >= 0.6 is 0 Å². The average molecular weight is 444 g/mol. The normalized spacial score (nSPS) is 24.3. The lowest BCUT2D eigenvalue weighted by atomic mass is 9.93. The number of alkyl halides is 1. The predicted octanol–water partition coefficient (Wildman–Crippen LogP) is 4.14. The molecule has 0 aromatic carbocycles. The topological polar surface area (TPSA) is 92.2 Å². The van der Waals surface area contributed by atoms with Crippen LogP contribution in [-0.4, -0.2) is 57.6 Å². The third-order valence-electron chi connectivity index (χ3n) is 6.34. The molecule has 2 aromatic heterocycles. The maximum atomic E-state index is 13.7. The molecule has 2 fully saturated rings. The maximum Gasteiger partial charge on any atom is 0.224 e. The van der Waals surface area contributed by atoms with Crippen molar-refractivity contribution in [1.29, 1.82) is 0 Å². The molecule has 1 saturated carbocycles. The van der Waals surface area contributed by atoms with Gasteiger partial charge in [-0.2, -0.15) is 4.98 Å². The monoisotopic (exact) mass is 443 g/mol. The van der Waals surface area contributed by atoms with Crippen LogP contribution < -0.4 is 10.6 Å². The van der Waals surface area contributed by atoms with Crippen molar-refractivity contribution in [3.05, 3.63) is 30.1 Å². The summed E-state index contributed by atoms with van der Waals surface area (Å²) < 4.78 is 19.4. The van der Waals surface area contributed by atoms with Crippen molar-refractivity contribution in [2.75, 3.05) is 23.8 Å². The first kappa shape index (κ1) is 22.9. The van der Waals surface area contributed by atoms with Crippen molar-refractivity contribution in [3.8, 4) is 11.3 Å². The van der Waals surface area contributed by atoms with Crippen LogP contribution in [-0.2, 0) is 11.2 Å². The second kappa shape index (κ2) is 11.0. The van der Waals surface area contributed by atoms with E-state index in [1.807, 2.05) is 19.2 Å². The predicted molar refractivity (Wildman–Crippen MR) is 124 cm³/mol. The Morgan fingerprint density at radius 3 is 2.69 bits per heavy atom. The van der Waals surface area contributed by atoms with Gasteiger partial charge in [-0.25, -0.2) is 9.37 Å². The largest absolute Gasteiger partial charge is 0.393 e. The number of rotatable bonds is 9. The molecule has 7 nitrogen and oxygen atoms in total. The minimum atomic E-state index is -0.937. The van der Waals surface area contributed by atoms with Crippen molar-refractivity contribution in [2.45, 2.75) is 82.7 Å². The first-order valence-electron chi connectivity index (χ1n) is 11.9. The maximum absolute atomic E-state index is 13.7. The highest BCUT2D eigenvalue weighted by atomic mass is 19.1. The van der Waals surface area contributed by atoms with Gasteiger partial charge in [0.15, 0.2) is 0 Å². The van der Waals surface area contributed by atoms with E-state index in [1.165, 1.54) is 0 Å². The van der Waals surface area contributed by atoms with Gasteiger partial charge in [-0.15, -0.1) is 0 Å². The third-order valence-corrected chi connectivity index (χ3v) is 6.34. The molecule has 3 heterocycles. The molecule has 0 radical (unpaired) electrons. The van der Waals surface area contributed by atoms with Gasteiger partial charge in [0.05, 0.1) is 23.5 Å². The number of pyridine rings is 1. The smallest absolute Gasteiger partial charge is 0.224 e. The summed E-state index contributed by atoms with van der Waals surface area (Å²) in [7, 11) is 0. The van der Waals surface area contributed by atoms with Crippen molar-refractivity contribution in [2.24, 2.45) is 0 Å². The molecule has 0 bridgehead atoms. The zero-order valence-corrected chi connectivity index (χ0v) is 18.8. The van der Waals surface area contributed by atoms with Gasteiger partial charge >= 0.3 is 0 Å². The van der Waals surface area contributed by atoms with Crippen molar-refractivity contribution in [3.63, 3.8) is 0 Å². The van der Waals surface area contributed by atoms with Crippen LogP contribution in [0.1, 0.15) is 57.4 Å². The van der Waals surface area contributed by atoms with Gasteiger partial charge < -0.3 is 20.5 Å². The number of nitrogens with one attached hydrogen (secondary N) is 2. The number of halogens is 1. The minimum Gasteiger partial charge on any atom is -0.393 e. The van der Waals surface area contributed by atoms with E-state index in [1.54, 1.807) is 6.20 Å². The molecule has 4 rings (SSSR count). The van der Waals surface area contributed by atoms with Gasteiger partial charge in [0.1, 0.15) is 12.0 Å². The summed E-state index contributed by atoms with van der Waals surface area (Å²) >= 11 is 0. The standard InChI is InChI=1S/C24H34FN5O2/c1-2-17(25)14-27-24-28-15-21(23(30-24)29-18-6-8-19(31)9-7-18)22-10-5-16(13-26-22)12-20-4-3-11-32-20/h5,10,13,15,17-20,31H,2-4,6-9,11-12,14H2,1H3,(H2,27,28,29,30)/t17-,18?,19?,20?/m0/s1. The van der Waals surface area contributed by atoms with E-state index in [0.29, 0.717) is 18.2 Å². The highest BCUT2D eigenvalue weighted by molar-refractivity contribution is 5.73. The fourth-order valence-electron chi connectivity index (χ4n) is 4.30. The van der Waals surface area contributed by atoms with Crippen molar-refractivity contribution < 1.29 is 14.2 Å². The van der Waals surface area contributed by atoms with Crippen LogP contribution in [0.2, 0.25) is 0 Å². The van der Waals surface area contributed by atoms with Gasteiger partial charge in [0, 0.05) is 38.0 Å². The Bertz CT molecular complexity index is 852. The Morgan fingerprint density at radius 1 is 1.16 bits per heavy atom. The van der Waals surface area contributed by atoms with Crippen LogP contribution in [0.3, 0.4) is 0 Å². The highest BCUT2D eigenvalue weighted by Gasteiger charge is 2.22. The molecular weight excluding hydrogens is 409 g/mol. The summed E-state index contributed by atoms with van der Waals surface area (Å²) in [4.78, 5) is 13.7. The summed E-state index contributed by atoms with van der Waals surface area (Å²) in [5, 5.41) is 16.3. The highest BCUT2D eigenvalue weighted by Crippen LogP contribution is 2.29. The summed E-state index contributed by atoms with van der Waals surface area (Å²) in [5.74, 6) is 1.09. The van der Waals surface area contributed by atoms with Crippen LogP contribution in [0.5, 0.6) is 0 Å². The van der Waals surface area contributed by atoms with Crippen molar-refractivity contribution >= 4 is 11.8 Å². The summed E-state index contributed by atoms with van der Waals surface area (Å²) in [6.45, 7) is 2.85. The number of aliphatic hydroxyl groups is 1. The number of aliphatic hydroxyl groups excluding tert-OH is 1. The van der Waals surface area contributed by atoms with E-state index < -0.39 is 6.17 Å². The summed E-state index contributed by atoms with van der Waals surface area (Å²) in [5.41, 5.74) is 2.77. The second-order valence-electron chi connectivity index (χ2n) is 8.88. The molecule has 8 heteroatoms. The summed E-state index contributed by atoms with van der Waals surface area (Å²) in [6.07, 6.45) is 9.65. The molecule has 32 heavy (non-hydrogen) atoms. The molecule has 2 aliphatic rings. The van der Waals surface area contributed by atoms with E-state index in [-0.39, 0.29) is 24.8 Å². The van der Waals surface area contributed by atoms with E-state index in [0.717, 1.165) is 68.4 Å². The molecule has 174 valence electrons. The zero-order valence-electron chi connectivity index (χ0n) is 18.8. The SMILES string of the molecule is CC[C@H](F)CNc1ncc(-c2ccc(CC3CCCO3)cn2)c(NC2CCC(O)CC2)n1. The van der Waals surface area contributed by atoms with Gasteiger partial charge in [0.2, 0.25) is 5.95 Å². The van der Waals surface area contributed by atoms with E-state index in [4.69, 9.17) is 4.74 Å². The zero-order chi connectivity index (χ0) is 22.3. The molecule has 0 amide bonds. The van der Waals surface area contributed by atoms with Crippen LogP contribution in [0, 0.1) is 0 Å². The Balaban J connectivity index is 1.52. The molecule has 1 aliphatic carbocycles. The Kier molecular flexibility index (Phi) is 7.86. The Morgan fingerprint density at radius 2 is 2.00 bits per heavy atom. The molecule has 2 atom stereocenters. The molecule has 0 spiro atoms. The number of hydrogen-bond acceptors (Lipinski definition) is 7. The number of aromatic nitrogens is 3. The van der Waals surface area contributed by atoms with E-state index >= 15 is 0 Å². The van der Waals surface area contributed by atoms with Crippen LogP contribution in [0.25, 0.3) is 11.3 Å². The van der Waals surface area contributed by atoms with Gasteiger partial charge in [0.25, 0.3) is 0 Å².